The van der Waals surface area contributed by atoms with E-state index in [0.717, 1.165) is 30.5 Å². The second kappa shape index (κ2) is 9.23. The summed E-state index contributed by atoms with van der Waals surface area (Å²) >= 11 is 0. The van der Waals surface area contributed by atoms with Crippen LogP contribution in [0.2, 0.25) is 0 Å². The van der Waals surface area contributed by atoms with E-state index in [1.165, 1.54) is 17.0 Å². The molecule has 1 amide bonds. The first-order valence-corrected chi connectivity index (χ1v) is 9.22. The Bertz CT molecular complexity index is 899. The zero-order valence-corrected chi connectivity index (χ0v) is 16.0. The second-order valence-electron chi connectivity index (χ2n) is 6.89. The van der Waals surface area contributed by atoms with Gasteiger partial charge in [0.15, 0.2) is 0 Å². The number of amides is 1. The lowest BCUT2D eigenvalue weighted by Crippen LogP contribution is -2.47. The molecule has 0 N–H and O–H groups in total. The number of hydrogen-bond acceptors (Lipinski definition) is 4. The van der Waals surface area contributed by atoms with Crippen LogP contribution in [0.3, 0.4) is 0 Å². The average Bonchev–Trinajstić information content (AvgIpc) is 2.72. The molecule has 0 radical (unpaired) electrons. The van der Waals surface area contributed by atoms with Gasteiger partial charge in [-0.2, -0.15) is 26.3 Å². The minimum absolute atomic E-state index is 0.0125. The van der Waals surface area contributed by atoms with Crippen LogP contribution >= 0.6 is 0 Å². The summed E-state index contributed by atoms with van der Waals surface area (Å²) in [7, 11) is 0. The molecule has 1 fully saturated rings. The van der Waals surface area contributed by atoms with Crippen LogP contribution in [0.25, 0.3) is 0 Å². The number of pyridine rings is 1. The van der Waals surface area contributed by atoms with Crippen molar-refractivity contribution in [3.05, 3.63) is 65.0 Å². The molecule has 1 aromatic carbocycles. The van der Waals surface area contributed by atoms with Gasteiger partial charge in [0.05, 0.1) is 37.1 Å². The van der Waals surface area contributed by atoms with E-state index in [0.29, 0.717) is 5.56 Å². The van der Waals surface area contributed by atoms with Gasteiger partial charge in [-0.1, -0.05) is 12.1 Å². The van der Waals surface area contributed by atoms with Gasteiger partial charge < -0.3 is 14.4 Å². The van der Waals surface area contributed by atoms with Crippen LogP contribution in [0.4, 0.5) is 26.3 Å². The molecule has 0 spiro atoms. The molecule has 1 aliphatic heterocycles. The van der Waals surface area contributed by atoms with Crippen molar-refractivity contribution in [3.63, 3.8) is 0 Å². The number of carbonyl (C=O) groups is 1. The Morgan fingerprint density at radius 1 is 1.13 bits per heavy atom. The zero-order valence-electron chi connectivity index (χ0n) is 16.0. The van der Waals surface area contributed by atoms with Gasteiger partial charge in [0.1, 0.15) is 5.69 Å². The molecule has 1 unspecified atom stereocenters. The van der Waals surface area contributed by atoms with E-state index in [2.05, 4.69) is 4.98 Å². The Labute approximate surface area is 173 Å². The third kappa shape index (κ3) is 6.17. The van der Waals surface area contributed by atoms with Gasteiger partial charge in [-0.25, -0.2) is 0 Å². The molecule has 2 heterocycles. The lowest BCUT2D eigenvalue weighted by molar-refractivity contribution is -0.141. The van der Waals surface area contributed by atoms with Gasteiger partial charge in [-0.05, 0) is 29.8 Å². The Kier molecular flexibility index (Phi) is 6.85. The number of alkyl halides is 6. The summed E-state index contributed by atoms with van der Waals surface area (Å²) < 4.78 is 87.1. The first-order chi connectivity index (χ1) is 14.5. The maximum Gasteiger partial charge on any atom is 0.433 e. The van der Waals surface area contributed by atoms with Crippen LogP contribution in [-0.2, 0) is 28.4 Å². The Balaban J connectivity index is 1.53. The number of halogens is 6. The predicted octanol–water partition coefficient (Wildman–Crippen LogP) is 4.18. The SMILES string of the molecule is O=C(c1ccc(C(F)(F)F)nc1)N1CCOC(COCc2cccc(C(F)(F)F)c2)C1. The molecule has 0 saturated carbocycles. The fourth-order valence-electron chi connectivity index (χ4n) is 3.02. The minimum atomic E-state index is -4.59. The van der Waals surface area contributed by atoms with Crippen molar-refractivity contribution in [2.24, 2.45) is 0 Å². The topological polar surface area (TPSA) is 51.7 Å². The van der Waals surface area contributed by atoms with E-state index in [-0.39, 0.29) is 38.5 Å². The van der Waals surface area contributed by atoms with E-state index >= 15 is 0 Å². The van der Waals surface area contributed by atoms with Gasteiger partial charge in [0.2, 0.25) is 0 Å². The third-order valence-corrected chi connectivity index (χ3v) is 4.55. The molecule has 11 heteroatoms. The highest BCUT2D eigenvalue weighted by atomic mass is 19.4. The summed E-state index contributed by atoms with van der Waals surface area (Å²) in [5, 5.41) is 0. The van der Waals surface area contributed by atoms with Crippen LogP contribution in [-0.4, -0.2) is 48.2 Å². The number of benzene rings is 1. The van der Waals surface area contributed by atoms with Crippen LogP contribution < -0.4 is 0 Å². The van der Waals surface area contributed by atoms with E-state index in [9.17, 15) is 31.1 Å². The predicted molar refractivity (Wildman–Crippen MR) is 96.0 cm³/mol. The summed E-state index contributed by atoms with van der Waals surface area (Å²) in [6.07, 6.45) is -8.69. The van der Waals surface area contributed by atoms with E-state index in [4.69, 9.17) is 9.47 Å². The number of rotatable bonds is 5. The van der Waals surface area contributed by atoms with Gasteiger partial charge in [-0.15, -0.1) is 0 Å². The van der Waals surface area contributed by atoms with Crippen molar-refractivity contribution in [2.75, 3.05) is 26.3 Å². The van der Waals surface area contributed by atoms with Gasteiger partial charge in [0, 0.05) is 19.3 Å². The monoisotopic (exact) mass is 448 g/mol. The molecule has 0 bridgehead atoms. The number of carbonyl (C=O) groups excluding carboxylic acids is 1. The number of ether oxygens (including phenoxy) is 2. The van der Waals surface area contributed by atoms with Crippen LogP contribution in [0.5, 0.6) is 0 Å². The molecule has 168 valence electrons. The molecule has 5 nitrogen and oxygen atoms in total. The smallest absolute Gasteiger partial charge is 0.374 e. The number of aromatic nitrogens is 1. The first kappa shape index (κ1) is 23.0. The highest BCUT2D eigenvalue weighted by molar-refractivity contribution is 5.94. The lowest BCUT2D eigenvalue weighted by Gasteiger charge is -2.32. The van der Waals surface area contributed by atoms with Crippen molar-refractivity contribution in [2.45, 2.75) is 25.1 Å². The van der Waals surface area contributed by atoms with Gasteiger partial charge in [0.25, 0.3) is 5.91 Å². The van der Waals surface area contributed by atoms with Crippen molar-refractivity contribution < 1.29 is 40.6 Å². The molecular weight excluding hydrogens is 430 g/mol. The van der Waals surface area contributed by atoms with Crippen molar-refractivity contribution >= 4 is 5.91 Å². The number of morpholine rings is 1. The second-order valence-corrected chi connectivity index (χ2v) is 6.89. The Morgan fingerprint density at radius 3 is 2.55 bits per heavy atom. The maximum absolute atomic E-state index is 12.8. The van der Waals surface area contributed by atoms with Crippen molar-refractivity contribution in [1.82, 2.24) is 9.88 Å². The minimum Gasteiger partial charge on any atom is -0.374 e. The maximum atomic E-state index is 12.8. The fraction of sp³-hybridized carbons (Fsp3) is 0.400. The van der Waals surface area contributed by atoms with Gasteiger partial charge in [-0.3, -0.25) is 9.78 Å². The highest BCUT2D eigenvalue weighted by Crippen LogP contribution is 2.30. The zero-order chi connectivity index (χ0) is 22.6. The quantitative estimate of drug-likeness (QED) is 0.645. The standard InChI is InChI=1S/C20H18F6N2O3/c21-19(22,23)15-3-1-2-13(8-15)11-30-12-16-10-28(6-7-31-16)18(29)14-4-5-17(27-9-14)20(24,25)26/h1-5,8-9,16H,6-7,10-12H2. The Morgan fingerprint density at radius 2 is 1.90 bits per heavy atom. The summed E-state index contributed by atoms with van der Waals surface area (Å²) in [5.41, 5.74) is -1.51. The van der Waals surface area contributed by atoms with E-state index in [1.807, 2.05) is 0 Å². The molecule has 0 aliphatic carbocycles. The molecule has 1 saturated heterocycles. The van der Waals surface area contributed by atoms with Crippen LogP contribution in [0.15, 0.2) is 42.6 Å². The average molecular weight is 448 g/mol. The molecule has 2 aromatic rings. The molecule has 1 aliphatic rings. The van der Waals surface area contributed by atoms with E-state index in [1.54, 1.807) is 0 Å². The number of hydrogen-bond donors (Lipinski definition) is 0. The van der Waals surface area contributed by atoms with Crippen molar-refractivity contribution in [1.29, 1.82) is 0 Å². The summed E-state index contributed by atoms with van der Waals surface area (Å²) in [6.45, 7) is 0.523. The van der Waals surface area contributed by atoms with Crippen LogP contribution in [0, 0.1) is 0 Å². The number of nitrogens with zero attached hydrogens (tertiary/aromatic N) is 2. The van der Waals surface area contributed by atoms with Crippen LogP contribution in [0.1, 0.15) is 27.2 Å². The Hall–Kier alpha value is -2.66. The molecule has 31 heavy (non-hydrogen) atoms. The fourth-order valence-corrected chi connectivity index (χ4v) is 3.02. The van der Waals surface area contributed by atoms with Gasteiger partial charge >= 0.3 is 12.4 Å². The molecule has 3 rings (SSSR count). The first-order valence-electron chi connectivity index (χ1n) is 9.22. The molecular formula is C20H18F6N2O3. The van der Waals surface area contributed by atoms with Crippen molar-refractivity contribution in [3.8, 4) is 0 Å². The molecule has 1 aromatic heterocycles. The van der Waals surface area contributed by atoms with E-state index < -0.39 is 35.6 Å². The summed E-state index contributed by atoms with van der Waals surface area (Å²) in [4.78, 5) is 17.2. The molecule has 1 atom stereocenters. The lowest BCUT2D eigenvalue weighted by atomic mass is 10.1. The summed E-state index contributed by atoms with van der Waals surface area (Å²) in [5.74, 6) is -0.493. The normalized spacial score (nSPS) is 17.6. The largest absolute Gasteiger partial charge is 0.433 e. The third-order valence-electron chi connectivity index (χ3n) is 4.55. The highest BCUT2D eigenvalue weighted by Gasteiger charge is 2.33. The summed E-state index contributed by atoms with van der Waals surface area (Å²) in [6, 6.07) is 6.56.